The van der Waals surface area contributed by atoms with Gasteiger partial charge in [0.2, 0.25) is 5.91 Å². The second-order valence-electron chi connectivity index (χ2n) is 7.78. The van der Waals surface area contributed by atoms with Gasteiger partial charge in [0.25, 0.3) is 0 Å². The monoisotopic (exact) mass is 401 g/mol. The summed E-state index contributed by atoms with van der Waals surface area (Å²) in [5.74, 6) is 0.0954. The van der Waals surface area contributed by atoms with Gasteiger partial charge < -0.3 is 4.90 Å². The van der Waals surface area contributed by atoms with E-state index in [-0.39, 0.29) is 17.6 Å². The number of ketones is 1. The van der Waals surface area contributed by atoms with Crippen molar-refractivity contribution in [2.45, 2.75) is 46.5 Å². The van der Waals surface area contributed by atoms with Crippen LogP contribution in [-0.4, -0.2) is 39.5 Å². The van der Waals surface area contributed by atoms with Gasteiger partial charge in [0.05, 0.1) is 5.69 Å². The Morgan fingerprint density at radius 3 is 2.64 bits per heavy atom. The zero-order valence-electron chi connectivity index (χ0n) is 17.1. The molecule has 2 aromatic rings. The molecule has 1 aromatic heterocycles. The lowest BCUT2D eigenvalue weighted by atomic mass is 9.88. The number of Topliss-reactive ketones (excluding diaryl/α,β-unsaturated/α-hetero) is 1. The van der Waals surface area contributed by atoms with E-state index >= 15 is 0 Å². The van der Waals surface area contributed by atoms with E-state index in [0.717, 1.165) is 41.9 Å². The predicted octanol–water partition coefficient (Wildman–Crippen LogP) is 4.05. The molecule has 28 heavy (non-hydrogen) atoms. The molecule has 3 rings (SSSR count). The summed E-state index contributed by atoms with van der Waals surface area (Å²) in [6.45, 7) is 7.15. The number of aryl methyl sites for hydroxylation is 3. The van der Waals surface area contributed by atoms with Gasteiger partial charge in [0.15, 0.2) is 5.78 Å². The highest BCUT2D eigenvalue weighted by Gasteiger charge is 2.29. The van der Waals surface area contributed by atoms with Crippen LogP contribution in [0.1, 0.15) is 52.1 Å². The van der Waals surface area contributed by atoms with Crippen LogP contribution in [0.4, 0.5) is 0 Å². The largest absolute Gasteiger partial charge is 0.342 e. The van der Waals surface area contributed by atoms with E-state index < -0.39 is 0 Å². The highest BCUT2D eigenvalue weighted by molar-refractivity contribution is 6.30. The fraction of sp³-hybridized carbons (Fsp3) is 0.500. The SMILES string of the molecule is Cc1cc(Cl)ccc1C(=O)[C@@H]1CCCN(C(=O)CCc2c(C)nn(C)c2C)C1. The maximum Gasteiger partial charge on any atom is 0.222 e. The van der Waals surface area contributed by atoms with Crippen molar-refractivity contribution in [3.63, 3.8) is 0 Å². The number of benzene rings is 1. The van der Waals surface area contributed by atoms with E-state index in [2.05, 4.69) is 5.10 Å². The third kappa shape index (κ3) is 4.30. The first-order chi connectivity index (χ1) is 13.3. The molecule has 0 radical (unpaired) electrons. The first-order valence-corrected chi connectivity index (χ1v) is 10.2. The summed E-state index contributed by atoms with van der Waals surface area (Å²) in [5.41, 5.74) is 4.85. The van der Waals surface area contributed by atoms with Crippen molar-refractivity contribution in [3.05, 3.63) is 51.3 Å². The molecule has 0 bridgehead atoms. The topological polar surface area (TPSA) is 55.2 Å². The summed E-state index contributed by atoms with van der Waals surface area (Å²) < 4.78 is 1.86. The van der Waals surface area contributed by atoms with E-state index in [1.807, 2.05) is 43.5 Å². The van der Waals surface area contributed by atoms with Gasteiger partial charge in [-0.2, -0.15) is 5.10 Å². The zero-order valence-corrected chi connectivity index (χ0v) is 17.8. The number of piperidine rings is 1. The number of carbonyl (C=O) groups is 2. The van der Waals surface area contributed by atoms with Crippen LogP contribution in [0.3, 0.4) is 0 Å². The Morgan fingerprint density at radius 1 is 1.25 bits per heavy atom. The molecule has 0 spiro atoms. The van der Waals surface area contributed by atoms with Gasteiger partial charge in [-0.1, -0.05) is 11.6 Å². The lowest BCUT2D eigenvalue weighted by Crippen LogP contribution is -2.42. The highest BCUT2D eigenvalue weighted by atomic mass is 35.5. The standard InChI is InChI=1S/C22H28ClN3O2/c1-14-12-18(23)7-8-19(14)22(28)17-6-5-11-26(13-17)21(27)10-9-20-15(2)24-25(4)16(20)3/h7-8,12,17H,5-6,9-11,13H2,1-4H3/t17-/m1/s1. The Hall–Kier alpha value is -2.14. The number of hydrogen-bond donors (Lipinski definition) is 0. The number of likely N-dealkylation sites (tertiary alicyclic amines) is 1. The van der Waals surface area contributed by atoms with Gasteiger partial charge in [-0.3, -0.25) is 14.3 Å². The molecule has 1 saturated heterocycles. The maximum atomic E-state index is 13.0. The molecule has 5 nitrogen and oxygen atoms in total. The Morgan fingerprint density at radius 2 is 2.00 bits per heavy atom. The minimum atomic E-state index is -0.139. The van der Waals surface area contributed by atoms with Gasteiger partial charge in [0, 0.05) is 48.8 Å². The van der Waals surface area contributed by atoms with E-state index in [1.54, 1.807) is 12.1 Å². The van der Waals surface area contributed by atoms with Gasteiger partial charge >= 0.3 is 0 Å². The van der Waals surface area contributed by atoms with E-state index in [4.69, 9.17) is 11.6 Å². The Bertz CT molecular complexity index is 903. The second-order valence-corrected chi connectivity index (χ2v) is 8.21. The fourth-order valence-corrected chi connectivity index (χ4v) is 4.34. The van der Waals surface area contributed by atoms with Crippen LogP contribution in [-0.2, 0) is 18.3 Å². The normalized spacial score (nSPS) is 17.0. The predicted molar refractivity (Wildman–Crippen MR) is 111 cm³/mol. The average Bonchev–Trinajstić information content (AvgIpc) is 2.91. The summed E-state index contributed by atoms with van der Waals surface area (Å²) in [6, 6.07) is 5.37. The van der Waals surface area contributed by atoms with Crippen molar-refractivity contribution in [1.82, 2.24) is 14.7 Å². The summed E-state index contributed by atoms with van der Waals surface area (Å²) in [6.07, 6.45) is 2.83. The van der Waals surface area contributed by atoms with Crippen LogP contribution in [0, 0.1) is 26.7 Å². The quantitative estimate of drug-likeness (QED) is 0.710. The molecule has 1 atom stereocenters. The molecule has 0 unspecified atom stereocenters. The Labute approximate surface area is 171 Å². The summed E-state index contributed by atoms with van der Waals surface area (Å²) >= 11 is 6.01. The van der Waals surface area contributed by atoms with Crippen molar-refractivity contribution in [1.29, 1.82) is 0 Å². The number of halogens is 1. The highest BCUT2D eigenvalue weighted by Crippen LogP contribution is 2.25. The van der Waals surface area contributed by atoms with E-state index in [0.29, 0.717) is 30.0 Å². The number of aromatic nitrogens is 2. The Kier molecular flexibility index (Phi) is 6.23. The van der Waals surface area contributed by atoms with Crippen LogP contribution < -0.4 is 0 Å². The van der Waals surface area contributed by atoms with Crippen molar-refractivity contribution in [2.24, 2.45) is 13.0 Å². The first-order valence-electron chi connectivity index (χ1n) is 9.85. The number of carbonyl (C=O) groups excluding carboxylic acids is 2. The van der Waals surface area contributed by atoms with Crippen LogP contribution in [0.2, 0.25) is 5.02 Å². The van der Waals surface area contributed by atoms with E-state index in [1.165, 1.54) is 0 Å². The lowest BCUT2D eigenvalue weighted by molar-refractivity contribution is -0.132. The van der Waals surface area contributed by atoms with Crippen LogP contribution >= 0.6 is 11.6 Å². The van der Waals surface area contributed by atoms with E-state index in [9.17, 15) is 9.59 Å². The third-order valence-corrected chi connectivity index (χ3v) is 6.08. The molecular weight excluding hydrogens is 374 g/mol. The first kappa shape index (κ1) is 20.6. The molecule has 2 heterocycles. The van der Waals surface area contributed by atoms with Gasteiger partial charge in [0.1, 0.15) is 0 Å². The van der Waals surface area contributed by atoms with Gasteiger partial charge in [-0.05, 0) is 69.4 Å². The summed E-state index contributed by atoms with van der Waals surface area (Å²) in [5, 5.41) is 5.06. The number of amides is 1. The molecule has 1 aromatic carbocycles. The molecule has 1 amide bonds. The van der Waals surface area contributed by atoms with Crippen LogP contribution in [0.15, 0.2) is 18.2 Å². The van der Waals surface area contributed by atoms with Crippen molar-refractivity contribution in [2.75, 3.05) is 13.1 Å². The maximum absolute atomic E-state index is 13.0. The fourth-order valence-electron chi connectivity index (χ4n) is 4.11. The smallest absolute Gasteiger partial charge is 0.222 e. The van der Waals surface area contributed by atoms with Gasteiger partial charge in [-0.25, -0.2) is 0 Å². The molecule has 1 fully saturated rings. The minimum Gasteiger partial charge on any atom is -0.342 e. The minimum absolute atomic E-state index is 0.116. The molecule has 1 aliphatic heterocycles. The number of rotatable bonds is 5. The zero-order chi connectivity index (χ0) is 20.4. The van der Waals surface area contributed by atoms with Crippen molar-refractivity contribution in [3.8, 4) is 0 Å². The summed E-state index contributed by atoms with van der Waals surface area (Å²) in [7, 11) is 1.92. The van der Waals surface area contributed by atoms with Crippen molar-refractivity contribution < 1.29 is 9.59 Å². The molecular formula is C22H28ClN3O2. The third-order valence-electron chi connectivity index (χ3n) is 5.85. The second kappa shape index (κ2) is 8.48. The molecule has 0 saturated carbocycles. The summed E-state index contributed by atoms with van der Waals surface area (Å²) in [4.78, 5) is 27.6. The molecule has 0 N–H and O–H groups in total. The van der Waals surface area contributed by atoms with Gasteiger partial charge in [-0.15, -0.1) is 0 Å². The lowest BCUT2D eigenvalue weighted by Gasteiger charge is -2.32. The average molecular weight is 402 g/mol. The number of nitrogens with zero attached hydrogens (tertiary/aromatic N) is 3. The molecule has 1 aliphatic rings. The molecule has 150 valence electrons. The molecule has 0 aliphatic carbocycles. The van der Waals surface area contributed by atoms with Crippen LogP contribution in [0.5, 0.6) is 0 Å². The Balaban J connectivity index is 1.64. The molecule has 6 heteroatoms. The van der Waals surface area contributed by atoms with Crippen LogP contribution in [0.25, 0.3) is 0 Å². The number of hydrogen-bond acceptors (Lipinski definition) is 3. The van der Waals surface area contributed by atoms with Crippen molar-refractivity contribution >= 4 is 23.3 Å².